The molecule has 1 aromatic rings. The molecule has 128 valence electrons. The molecule has 0 unspecified atom stereocenters. The lowest BCUT2D eigenvalue weighted by Crippen LogP contribution is -2.44. The van der Waals surface area contributed by atoms with E-state index in [-0.39, 0.29) is 30.9 Å². The highest BCUT2D eigenvalue weighted by Crippen LogP contribution is 2.30. The number of benzene rings is 1. The minimum absolute atomic E-state index is 0.0700. The van der Waals surface area contributed by atoms with E-state index >= 15 is 0 Å². The quantitative estimate of drug-likeness (QED) is 0.858. The molecule has 2 saturated heterocycles. The summed E-state index contributed by atoms with van der Waals surface area (Å²) in [5.41, 5.74) is 0.752. The fourth-order valence-corrected chi connectivity index (χ4v) is 3.31. The molecule has 0 radical (unpaired) electrons. The Balaban J connectivity index is 1.80. The van der Waals surface area contributed by atoms with Gasteiger partial charge in [0.05, 0.1) is 12.6 Å². The zero-order valence-electron chi connectivity index (χ0n) is 13.3. The number of urea groups is 1. The lowest BCUT2D eigenvalue weighted by molar-refractivity contribution is -0.138. The Labute approximate surface area is 139 Å². The van der Waals surface area contributed by atoms with Crippen LogP contribution in [0, 0.1) is 5.82 Å². The van der Waals surface area contributed by atoms with E-state index < -0.39 is 11.9 Å². The van der Waals surface area contributed by atoms with E-state index in [1.54, 1.807) is 11.0 Å². The smallest absolute Gasteiger partial charge is 0.325 e. The van der Waals surface area contributed by atoms with Gasteiger partial charge in [-0.25, -0.2) is 9.18 Å². The Kier molecular flexibility index (Phi) is 4.78. The molecule has 3 rings (SSSR count). The number of nitrogens with one attached hydrogen (secondary N) is 1. The van der Waals surface area contributed by atoms with Gasteiger partial charge in [0, 0.05) is 6.54 Å². The summed E-state index contributed by atoms with van der Waals surface area (Å²) in [6.45, 7) is 0.208. The Bertz CT molecular complexity index is 648. The summed E-state index contributed by atoms with van der Waals surface area (Å²) in [6, 6.07) is 5.51. The Morgan fingerprint density at radius 1 is 1.25 bits per heavy atom. The number of carbonyl (C=O) groups is 3. The first-order chi connectivity index (χ1) is 11.6. The normalized spacial score (nSPS) is 21.6. The van der Waals surface area contributed by atoms with Gasteiger partial charge in [-0.1, -0.05) is 25.0 Å². The second-order valence-electron chi connectivity index (χ2n) is 6.15. The first-order valence-corrected chi connectivity index (χ1v) is 8.19. The third kappa shape index (κ3) is 3.39. The van der Waals surface area contributed by atoms with Gasteiger partial charge in [0.2, 0.25) is 5.91 Å². The van der Waals surface area contributed by atoms with E-state index in [4.69, 9.17) is 0 Å². The topological polar surface area (TPSA) is 69.7 Å². The van der Waals surface area contributed by atoms with Crippen LogP contribution in [0.25, 0.3) is 0 Å². The zero-order valence-corrected chi connectivity index (χ0v) is 13.3. The molecule has 1 N–H and O–H groups in total. The zero-order chi connectivity index (χ0) is 17.1. The molecule has 2 heterocycles. The fourth-order valence-electron chi connectivity index (χ4n) is 3.31. The van der Waals surface area contributed by atoms with Crippen molar-refractivity contribution in [3.05, 3.63) is 35.6 Å². The lowest BCUT2D eigenvalue weighted by atomic mass is 10.0. The van der Waals surface area contributed by atoms with Crippen molar-refractivity contribution < 1.29 is 18.8 Å². The van der Waals surface area contributed by atoms with Crippen LogP contribution >= 0.6 is 0 Å². The van der Waals surface area contributed by atoms with Crippen LogP contribution in [0.2, 0.25) is 0 Å². The second kappa shape index (κ2) is 6.98. The number of hydrogen-bond donors (Lipinski definition) is 1. The maximum Gasteiger partial charge on any atom is 0.325 e. The summed E-state index contributed by atoms with van der Waals surface area (Å²) in [4.78, 5) is 38.7. The van der Waals surface area contributed by atoms with Crippen LogP contribution < -0.4 is 5.32 Å². The monoisotopic (exact) mass is 333 g/mol. The molecule has 2 aliphatic rings. The van der Waals surface area contributed by atoms with Gasteiger partial charge in [0.25, 0.3) is 5.91 Å². The summed E-state index contributed by atoms with van der Waals surface area (Å²) in [5, 5.41) is 2.41. The van der Waals surface area contributed by atoms with E-state index in [0.29, 0.717) is 6.54 Å². The van der Waals surface area contributed by atoms with E-state index in [9.17, 15) is 18.8 Å². The summed E-state index contributed by atoms with van der Waals surface area (Å²) >= 11 is 0. The fraction of sp³-hybridized carbons (Fsp3) is 0.471. The molecule has 7 heteroatoms. The molecule has 0 aliphatic carbocycles. The van der Waals surface area contributed by atoms with Gasteiger partial charge in [-0.2, -0.15) is 0 Å². The minimum Gasteiger partial charge on any atom is -0.334 e. The lowest BCUT2D eigenvalue weighted by Gasteiger charge is -2.31. The number of nitrogens with zero attached hydrogens (tertiary/aromatic N) is 2. The number of amides is 4. The molecule has 0 saturated carbocycles. The van der Waals surface area contributed by atoms with Gasteiger partial charge in [-0.05, 0) is 30.5 Å². The average molecular weight is 333 g/mol. The molecule has 0 spiro atoms. The van der Waals surface area contributed by atoms with Crippen molar-refractivity contribution in [1.82, 2.24) is 15.1 Å². The maximum atomic E-state index is 13.6. The van der Waals surface area contributed by atoms with Crippen LogP contribution in [0.1, 0.15) is 37.3 Å². The molecule has 4 amide bonds. The van der Waals surface area contributed by atoms with Crippen molar-refractivity contribution in [1.29, 1.82) is 0 Å². The predicted octanol–water partition coefficient (Wildman–Crippen LogP) is 1.82. The highest BCUT2D eigenvalue weighted by Gasteiger charge is 2.34. The molecular weight excluding hydrogens is 313 g/mol. The molecule has 24 heavy (non-hydrogen) atoms. The minimum atomic E-state index is -0.537. The highest BCUT2D eigenvalue weighted by atomic mass is 19.1. The maximum absolute atomic E-state index is 13.6. The van der Waals surface area contributed by atoms with Gasteiger partial charge in [0.1, 0.15) is 12.4 Å². The van der Waals surface area contributed by atoms with Crippen LogP contribution in [-0.4, -0.2) is 47.3 Å². The number of halogens is 1. The van der Waals surface area contributed by atoms with Crippen LogP contribution in [0.3, 0.4) is 0 Å². The standard InChI is InChI=1S/C17H20FN3O3/c18-13-6-4-5-12(9-13)14-7-2-1-3-8-20(14)16(23)11-21-15(22)10-19-17(21)24/h4-6,9,14H,1-3,7-8,10-11H2,(H,19,24)/t14-/m0/s1. The van der Waals surface area contributed by atoms with Crippen molar-refractivity contribution in [2.45, 2.75) is 31.7 Å². The highest BCUT2D eigenvalue weighted by molar-refractivity contribution is 6.04. The number of likely N-dealkylation sites (tertiary alicyclic amines) is 1. The Morgan fingerprint density at radius 2 is 2.08 bits per heavy atom. The largest absolute Gasteiger partial charge is 0.334 e. The first-order valence-electron chi connectivity index (χ1n) is 8.19. The Hall–Kier alpha value is -2.44. The summed E-state index contributed by atoms with van der Waals surface area (Å²) in [6.07, 6.45) is 3.56. The molecule has 0 bridgehead atoms. The van der Waals surface area contributed by atoms with Crippen LogP contribution in [0.4, 0.5) is 9.18 Å². The summed E-state index contributed by atoms with van der Waals surface area (Å²) < 4.78 is 13.6. The van der Waals surface area contributed by atoms with E-state index in [2.05, 4.69) is 5.32 Å². The van der Waals surface area contributed by atoms with Gasteiger partial charge >= 0.3 is 6.03 Å². The number of imide groups is 1. The third-order valence-electron chi connectivity index (χ3n) is 4.54. The van der Waals surface area contributed by atoms with Gasteiger partial charge in [0.15, 0.2) is 0 Å². The van der Waals surface area contributed by atoms with Crippen molar-refractivity contribution in [3.8, 4) is 0 Å². The van der Waals surface area contributed by atoms with Gasteiger partial charge < -0.3 is 10.2 Å². The number of carbonyl (C=O) groups excluding carboxylic acids is 3. The summed E-state index contributed by atoms with van der Waals surface area (Å²) in [7, 11) is 0. The van der Waals surface area contributed by atoms with Crippen molar-refractivity contribution in [2.75, 3.05) is 19.6 Å². The predicted molar refractivity (Wildman–Crippen MR) is 84.4 cm³/mol. The van der Waals surface area contributed by atoms with E-state index in [1.165, 1.54) is 12.1 Å². The molecule has 2 aliphatic heterocycles. The Morgan fingerprint density at radius 3 is 2.79 bits per heavy atom. The number of rotatable bonds is 3. The second-order valence-corrected chi connectivity index (χ2v) is 6.15. The first kappa shape index (κ1) is 16.4. The van der Waals surface area contributed by atoms with Gasteiger partial charge in [-0.15, -0.1) is 0 Å². The molecule has 1 atom stereocenters. The van der Waals surface area contributed by atoms with Crippen molar-refractivity contribution in [2.24, 2.45) is 0 Å². The van der Waals surface area contributed by atoms with Crippen LogP contribution in [0.5, 0.6) is 0 Å². The average Bonchev–Trinajstić information content (AvgIpc) is 2.79. The van der Waals surface area contributed by atoms with Crippen LogP contribution in [0.15, 0.2) is 24.3 Å². The number of hydrogen-bond acceptors (Lipinski definition) is 3. The molecule has 6 nitrogen and oxygen atoms in total. The van der Waals surface area contributed by atoms with Crippen molar-refractivity contribution >= 4 is 17.8 Å². The summed E-state index contributed by atoms with van der Waals surface area (Å²) in [5.74, 6) is -1.01. The molecule has 1 aromatic carbocycles. The third-order valence-corrected chi connectivity index (χ3v) is 4.54. The van der Waals surface area contributed by atoms with E-state index in [1.807, 2.05) is 6.07 Å². The van der Waals surface area contributed by atoms with Crippen LogP contribution in [-0.2, 0) is 9.59 Å². The van der Waals surface area contributed by atoms with E-state index in [0.717, 1.165) is 36.1 Å². The van der Waals surface area contributed by atoms with Gasteiger partial charge in [-0.3, -0.25) is 14.5 Å². The molecule has 0 aromatic heterocycles. The molecular formula is C17H20FN3O3. The SMILES string of the molecule is O=C1CNC(=O)N1CC(=O)N1CCCCC[C@H]1c1cccc(F)c1. The molecule has 2 fully saturated rings. The van der Waals surface area contributed by atoms with Crippen molar-refractivity contribution in [3.63, 3.8) is 0 Å².